The number of esters is 1. The van der Waals surface area contributed by atoms with Crippen LogP contribution in [0.1, 0.15) is 39.7 Å². The number of carbonyl (C=O) groups is 1. The molecule has 10 heteroatoms. The van der Waals surface area contributed by atoms with Gasteiger partial charge < -0.3 is 23.3 Å². The van der Waals surface area contributed by atoms with E-state index in [2.05, 4.69) is 4.98 Å². The zero-order chi connectivity index (χ0) is 30.3. The topological polar surface area (TPSA) is 102 Å². The molecule has 0 N–H and O–H groups in total. The van der Waals surface area contributed by atoms with Gasteiger partial charge in [0.1, 0.15) is 10.8 Å². The maximum absolute atomic E-state index is 12.3. The van der Waals surface area contributed by atoms with E-state index in [1.54, 1.807) is 37.6 Å². The maximum atomic E-state index is 12.3. The number of aryl methyl sites for hydroxylation is 1. The lowest BCUT2D eigenvalue weighted by atomic mass is 10.1. The zero-order valence-electron chi connectivity index (χ0n) is 24.1. The van der Waals surface area contributed by atoms with Crippen LogP contribution in [0.3, 0.4) is 0 Å². The molecule has 0 fully saturated rings. The molecule has 0 aliphatic rings. The molecule has 4 rings (SSSR count). The molecule has 0 saturated carbocycles. The Morgan fingerprint density at radius 3 is 1.90 bits per heavy atom. The van der Waals surface area contributed by atoms with E-state index < -0.39 is 5.97 Å². The molecule has 0 unspecified atom stereocenters. The summed E-state index contributed by atoms with van der Waals surface area (Å²) in [6.07, 6.45) is 3.14. The summed E-state index contributed by atoms with van der Waals surface area (Å²) in [6.45, 7) is 8.13. The lowest BCUT2D eigenvalue weighted by Crippen LogP contribution is -2.26. The van der Waals surface area contributed by atoms with Gasteiger partial charge in [0, 0.05) is 31.0 Å². The Hall–Kier alpha value is -4.05. The number of pyridine rings is 1. The van der Waals surface area contributed by atoms with E-state index in [9.17, 15) is 14.4 Å². The van der Waals surface area contributed by atoms with E-state index in [4.69, 9.17) is 25.8 Å². The standard InChI is InChI=1S/C18H21NO4.C14H15ClN2O2/c1-3-23-18(21)16-9-10-19(17(20)14(16)2)11-12-22-13-15-7-5-4-6-8-15;1-11-14(18)17(9-13(15)16-11)7-8-19-10-12-5-3-2-4-6-12/h4-10H,3,11-13H2,1-2H3;2-6,9H,7-8,10H2,1H3. The number of aromatic nitrogens is 3. The van der Waals surface area contributed by atoms with Gasteiger partial charge in [-0.1, -0.05) is 72.3 Å². The summed E-state index contributed by atoms with van der Waals surface area (Å²) in [4.78, 5) is 39.7. The predicted molar refractivity (Wildman–Crippen MR) is 162 cm³/mol. The number of carbonyl (C=O) groups excluding carboxylic acids is 1. The van der Waals surface area contributed by atoms with Crippen molar-refractivity contribution in [2.75, 3.05) is 19.8 Å². The summed E-state index contributed by atoms with van der Waals surface area (Å²) >= 11 is 5.82. The highest BCUT2D eigenvalue weighted by Crippen LogP contribution is 2.06. The molecule has 0 bridgehead atoms. The van der Waals surface area contributed by atoms with E-state index in [-0.39, 0.29) is 17.7 Å². The molecular weight excluding hydrogens is 558 g/mol. The minimum Gasteiger partial charge on any atom is -0.462 e. The highest BCUT2D eigenvalue weighted by Gasteiger charge is 2.13. The van der Waals surface area contributed by atoms with Crippen molar-refractivity contribution in [2.24, 2.45) is 0 Å². The second kappa shape index (κ2) is 17.0. The molecule has 0 aliphatic heterocycles. The van der Waals surface area contributed by atoms with Crippen LogP contribution in [0.2, 0.25) is 5.15 Å². The predicted octanol–water partition coefficient (Wildman–Crippen LogP) is 4.97. The van der Waals surface area contributed by atoms with Crippen LogP contribution >= 0.6 is 11.6 Å². The number of halogens is 1. The minimum atomic E-state index is -0.463. The van der Waals surface area contributed by atoms with E-state index in [1.165, 1.54) is 10.8 Å². The lowest BCUT2D eigenvalue weighted by molar-refractivity contribution is 0.0525. The Morgan fingerprint density at radius 2 is 1.36 bits per heavy atom. The van der Waals surface area contributed by atoms with Crippen molar-refractivity contribution >= 4 is 17.6 Å². The molecular formula is C32H36ClN3O6. The van der Waals surface area contributed by atoms with Crippen LogP contribution in [0.15, 0.2) is 88.7 Å². The molecule has 0 amide bonds. The molecule has 2 aromatic heterocycles. The first-order valence-electron chi connectivity index (χ1n) is 13.6. The third-order valence-corrected chi connectivity index (χ3v) is 6.37. The average molecular weight is 594 g/mol. The number of nitrogens with zero attached hydrogens (tertiary/aromatic N) is 3. The van der Waals surface area contributed by atoms with Crippen LogP contribution in [-0.4, -0.2) is 39.9 Å². The fraction of sp³-hybridized carbons (Fsp3) is 0.312. The van der Waals surface area contributed by atoms with Crippen molar-refractivity contribution in [3.63, 3.8) is 0 Å². The van der Waals surface area contributed by atoms with Gasteiger partial charge in [-0.25, -0.2) is 9.78 Å². The van der Waals surface area contributed by atoms with Crippen molar-refractivity contribution < 1.29 is 19.0 Å². The molecule has 2 heterocycles. The number of benzene rings is 2. The Bertz CT molecular complexity index is 1540. The molecule has 0 radical (unpaired) electrons. The minimum absolute atomic E-state index is 0.132. The average Bonchev–Trinajstić information content (AvgIpc) is 2.99. The van der Waals surface area contributed by atoms with E-state index >= 15 is 0 Å². The quantitative estimate of drug-likeness (QED) is 0.169. The van der Waals surface area contributed by atoms with Crippen LogP contribution in [0.25, 0.3) is 0 Å². The monoisotopic (exact) mass is 593 g/mol. The van der Waals surface area contributed by atoms with Gasteiger partial charge in [-0.15, -0.1) is 0 Å². The third-order valence-electron chi connectivity index (χ3n) is 6.19. The first kappa shape index (κ1) is 32.5. The summed E-state index contributed by atoms with van der Waals surface area (Å²) in [6, 6.07) is 21.4. The number of ether oxygens (including phenoxy) is 3. The molecule has 9 nitrogen and oxygen atoms in total. The molecule has 0 spiro atoms. The highest BCUT2D eigenvalue weighted by molar-refractivity contribution is 6.29. The van der Waals surface area contributed by atoms with Crippen molar-refractivity contribution in [1.29, 1.82) is 0 Å². The second-order valence-corrected chi connectivity index (χ2v) is 9.68. The Kier molecular flexibility index (Phi) is 13.2. The second-order valence-electron chi connectivity index (χ2n) is 9.30. The van der Waals surface area contributed by atoms with Crippen LogP contribution < -0.4 is 11.1 Å². The first-order valence-corrected chi connectivity index (χ1v) is 14.0. The Balaban J connectivity index is 0.000000235. The van der Waals surface area contributed by atoms with E-state index in [0.717, 1.165) is 11.1 Å². The van der Waals surface area contributed by atoms with Crippen LogP contribution in [0.4, 0.5) is 0 Å². The van der Waals surface area contributed by atoms with Crippen molar-refractivity contribution in [2.45, 2.75) is 47.1 Å². The number of rotatable bonds is 12. The Morgan fingerprint density at radius 1 is 0.810 bits per heavy atom. The van der Waals surface area contributed by atoms with Crippen LogP contribution in [0.5, 0.6) is 0 Å². The molecule has 2 aromatic carbocycles. The first-order chi connectivity index (χ1) is 20.3. The van der Waals surface area contributed by atoms with Gasteiger partial charge in [-0.05, 0) is 38.0 Å². The summed E-state index contributed by atoms with van der Waals surface area (Å²) in [5.74, 6) is -0.463. The summed E-state index contributed by atoms with van der Waals surface area (Å²) in [7, 11) is 0. The van der Waals surface area contributed by atoms with Gasteiger partial charge in [-0.2, -0.15) is 0 Å². The van der Waals surface area contributed by atoms with Gasteiger partial charge in [0.2, 0.25) is 0 Å². The van der Waals surface area contributed by atoms with Gasteiger partial charge >= 0.3 is 5.97 Å². The Labute approximate surface area is 250 Å². The van der Waals surface area contributed by atoms with Crippen LogP contribution in [-0.2, 0) is 40.5 Å². The summed E-state index contributed by atoms with van der Waals surface area (Å²) in [5, 5.41) is 0.320. The molecule has 42 heavy (non-hydrogen) atoms. The van der Waals surface area contributed by atoms with Gasteiger partial charge in [0.15, 0.2) is 0 Å². The van der Waals surface area contributed by atoms with E-state index in [1.807, 2.05) is 60.7 Å². The van der Waals surface area contributed by atoms with Gasteiger partial charge in [0.05, 0.1) is 38.6 Å². The van der Waals surface area contributed by atoms with Gasteiger partial charge in [0.25, 0.3) is 11.1 Å². The fourth-order valence-electron chi connectivity index (χ4n) is 3.95. The van der Waals surface area contributed by atoms with Crippen molar-refractivity contribution in [3.05, 3.63) is 133 Å². The maximum Gasteiger partial charge on any atom is 0.338 e. The molecule has 0 atom stereocenters. The largest absolute Gasteiger partial charge is 0.462 e. The SMILES string of the molecule is CCOC(=O)c1ccn(CCOCc2ccccc2)c(=O)c1C.Cc1nc(Cl)cn(CCOCc2ccccc2)c1=O. The highest BCUT2D eigenvalue weighted by atomic mass is 35.5. The smallest absolute Gasteiger partial charge is 0.338 e. The molecule has 0 saturated heterocycles. The zero-order valence-corrected chi connectivity index (χ0v) is 24.9. The number of hydrogen-bond acceptors (Lipinski definition) is 7. The van der Waals surface area contributed by atoms with E-state index in [0.29, 0.717) is 61.5 Å². The molecule has 0 aliphatic carbocycles. The number of hydrogen-bond donors (Lipinski definition) is 0. The van der Waals surface area contributed by atoms with Crippen LogP contribution in [0, 0.1) is 13.8 Å². The summed E-state index contributed by atoms with van der Waals surface area (Å²) in [5.41, 5.74) is 2.99. The van der Waals surface area contributed by atoms with Crippen molar-refractivity contribution in [1.82, 2.24) is 14.1 Å². The van der Waals surface area contributed by atoms with Gasteiger partial charge in [-0.3, -0.25) is 9.59 Å². The normalized spacial score (nSPS) is 10.6. The lowest BCUT2D eigenvalue weighted by Gasteiger charge is -2.10. The summed E-state index contributed by atoms with van der Waals surface area (Å²) < 4.78 is 19.1. The molecule has 222 valence electrons. The fourth-order valence-corrected chi connectivity index (χ4v) is 4.19. The molecule has 4 aromatic rings. The third kappa shape index (κ3) is 10.1. The van der Waals surface area contributed by atoms with Crippen molar-refractivity contribution in [3.8, 4) is 0 Å².